The number of amides is 2. The SMILES string of the molecule is CC(CC(=O)N1CCC(C(=O)O)CC1)NC(=O)C1CCCC1. The van der Waals surface area contributed by atoms with E-state index < -0.39 is 5.97 Å². The minimum absolute atomic E-state index is 0.00283. The molecule has 0 spiro atoms. The molecule has 2 aliphatic rings. The Morgan fingerprint density at radius 2 is 1.68 bits per heavy atom. The average molecular weight is 310 g/mol. The largest absolute Gasteiger partial charge is 0.481 e. The van der Waals surface area contributed by atoms with Crippen LogP contribution in [0.15, 0.2) is 0 Å². The van der Waals surface area contributed by atoms with Crippen LogP contribution >= 0.6 is 0 Å². The van der Waals surface area contributed by atoms with Crippen LogP contribution in [0.3, 0.4) is 0 Å². The summed E-state index contributed by atoms with van der Waals surface area (Å²) in [6.07, 6.45) is 5.46. The molecule has 0 aromatic rings. The lowest BCUT2D eigenvalue weighted by atomic mass is 9.96. The quantitative estimate of drug-likeness (QED) is 0.803. The van der Waals surface area contributed by atoms with Gasteiger partial charge < -0.3 is 15.3 Å². The van der Waals surface area contributed by atoms with Crippen molar-refractivity contribution in [1.29, 1.82) is 0 Å². The van der Waals surface area contributed by atoms with Crippen LogP contribution in [-0.2, 0) is 14.4 Å². The Labute approximate surface area is 131 Å². The summed E-state index contributed by atoms with van der Waals surface area (Å²) in [6.45, 7) is 2.85. The number of carboxylic acids is 1. The Kier molecular flexibility index (Phi) is 5.80. The van der Waals surface area contributed by atoms with Gasteiger partial charge in [0, 0.05) is 31.5 Å². The molecule has 1 saturated heterocycles. The Balaban J connectivity index is 1.72. The van der Waals surface area contributed by atoms with E-state index in [2.05, 4.69) is 5.32 Å². The fraction of sp³-hybridized carbons (Fsp3) is 0.812. The molecule has 0 bridgehead atoms. The lowest BCUT2D eigenvalue weighted by Gasteiger charge is -2.31. The number of nitrogens with zero attached hydrogens (tertiary/aromatic N) is 1. The number of hydrogen-bond acceptors (Lipinski definition) is 3. The number of piperidine rings is 1. The van der Waals surface area contributed by atoms with Gasteiger partial charge in [-0.3, -0.25) is 14.4 Å². The second-order valence-electron chi connectivity index (χ2n) is 6.59. The van der Waals surface area contributed by atoms with Crippen molar-refractivity contribution in [2.24, 2.45) is 11.8 Å². The maximum atomic E-state index is 12.2. The monoisotopic (exact) mass is 310 g/mol. The van der Waals surface area contributed by atoms with Crippen LogP contribution in [0.4, 0.5) is 0 Å². The molecule has 2 N–H and O–H groups in total. The van der Waals surface area contributed by atoms with Gasteiger partial charge in [-0.2, -0.15) is 0 Å². The summed E-state index contributed by atoms with van der Waals surface area (Å²) in [5, 5.41) is 11.9. The van der Waals surface area contributed by atoms with Crippen molar-refractivity contribution in [3.63, 3.8) is 0 Å². The van der Waals surface area contributed by atoms with Crippen LogP contribution in [0.1, 0.15) is 51.9 Å². The first-order valence-electron chi connectivity index (χ1n) is 8.28. The second kappa shape index (κ2) is 7.61. The maximum absolute atomic E-state index is 12.2. The predicted molar refractivity (Wildman–Crippen MR) is 81.1 cm³/mol. The third-order valence-electron chi connectivity index (χ3n) is 4.79. The van der Waals surface area contributed by atoms with Gasteiger partial charge in [-0.1, -0.05) is 12.8 Å². The number of rotatable bonds is 5. The molecule has 22 heavy (non-hydrogen) atoms. The molecule has 2 fully saturated rings. The van der Waals surface area contributed by atoms with Crippen molar-refractivity contribution >= 4 is 17.8 Å². The van der Waals surface area contributed by atoms with Gasteiger partial charge in [0.2, 0.25) is 11.8 Å². The summed E-state index contributed by atoms with van der Waals surface area (Å²) in [5.74, 6) is -0.915. The highest BCUT2D eigenvalue weighted by Gasteiger charge is 2.28. The molecule has 1 atom stereocenters. The van der Waals surface area contributed by atoms with Crippen molar-refractivity contribution in [2.45, 2.75) is 57.9 Å². The van der Waals surface area contributed by atoms with E-state index in [1.54, 1.807) is 4.90 Å². The van der Waals surface area contributed by atoms with Crippen LogP contribution in [0.25, 0.3) is 0 Å². The second-order valence-corrected chi connectivity index (χ2v) is 6.59. The zero-order chi connectivity index (χ0) is 16.1. The number of carbonyl (C=O) groups excluding carboxylic acids is 2. The van der Waals surface area contributed by atoms with Crippen molar-refractivity contribution in [2.75, 3.05) is 13.1 Å². The highest BCUT2D eigenvalue weighted by Crippen LogP contribution is 2.25. The van der Waals surface area contributed by atoms with Gasteiger partial charge in [0.1, 0.15) is 0 Å². The summed E-state index contributed by atoms with van der Waals surface area (Å²) in [5.41, 5.74) is 0. The highest BCUT2D eigenvalue weighted by atomic mass is 16.4. The minimum atomic E-state index is -0.774. The van der Waals surface area contributed by atoms with Gasteiger partial charge in [0.25, 0.3) is 0 Å². The zero-order valence-electron chi connectivity index (χ0n) is 13.2. The number of carboxylic acid groups (broad SMARTS) is 1. The number of likely N-dealkylation sites (tertiary alicyclic amines) is 1. The van der Waals surface area contributed by atoms with Crippen molar-refractivity contribution in [3.8, 4) is 0 Å². The van der Waals surface area contributed by atoms with E-state index in [1.165, 1.54) is 0 Å². The fourth-order valence-corrected chi connectivity index (χ4v) is 3.37. The molecule has 1 aliphatic heterocycles. The van der Waals surface area contributed by atoms with E-state index in [-0.39, 0.29) is 36.1 Å². The van der Waals surface area contributed by atoms with Gasteiger partial charge in [0.05, 0.1) is 5.92 Å². The van der Waals surface area contributed by atoms with Crippen LogP contribution in [-0.4, -0.2) is 46.9 Å². The molecule has 0 aromatic carbocycles. The van der Waals surface area contributed by atoms with E-state index >= 15 is 0 Å². The minimum Gasteiger partial charge on any atom is -0.481 e. The molecule has 1 saturated carbocycles. The smallest absolute Gasteiger partial charge is 0.306 e. The van der Waals surface area contributed by atoms with Crippen LogP contribution in [0.5, 0.6) is 0 Å². The summed E-state index contributed by atoms with van der Waals surface area (Å²) < 4.78 is 0. The molecule has 2 rings (SSSR count). The normalized spacial score (nSPS) is 21.6. The van der Waals surface area contributed by atoms with E-state index in [9.17, 15) is 14.4 Å². The summed E-state index contributed by atoms with van der Waals surface area (Å²) in [7, 11) is 0. The average Bonchev–Trinajstić information content (AvgIpc) is 3.01. The molecule has 1 heterocycles. The van der Waals surface area contributed by atoms with Gasteiger partial charge in [-0.05, 0) is 32.6 Å². The Morgan fingerprint density at radius 3 is 2.23 bits per heavy atom. The van der Waals surface area contributed by atoms with E-state index in [0.29, 0.717) is 25.9 Å². The lowest BCUT2D eigenvalue weighted by Crippen LogP contribution is -2.44. The molecule has 6 heteroatoms. The van der Waals surface area contributed by atoms with E-state index in [1.807, 2.05) is 6.92 Å². The van der Waals surface area contributed by atoms with Gasteiger partial charge >= 0.3 is 5.97 Å². The van der Waals surface area contributed by atoms with Crippen LogP contribution in [0, 0.1) is 11.8 Å². The third kappa shape index (κ3) is 4.45. The summed E-state index contributed by atoms with van der Waals surface area (Å²) >= 11 is 0. The molecule has 0 aromatic heterocycles. The number of hydrogen-bond donors (Lipinski definition) is 2. The first kappa shape index (κ1) is 16.8. The molecule has 1 unspecified atom stereocenters. The predicted octanol–water partition coefficient (Wildman–Crippen LogP) is 1.39. The van der Waals surface area contributed by atoms with Crippen molar-refractivity contribution in [3.05, 3.63) is 0 Å². The summed E-state index contributed by atoms with van der Waals surface area (Å²) in [6, 6.07) is -0.169. The molecule has 1 aliphatic carbocycles. The van der Waals surface area contributed by atoms with Gasteiger partial charge in [0.15, 0.2) is 0 Å². The molecule has 124 valence electrons. The van der Waals surface area contributed by atoms with Crippen molar-refractivity contribution < 1.29 is 19.5 Å². The zero-order valence-corrected chi connectivity index (χ0v) is 13.2. The van der Waals surface area contributed by atoms with Crippen LogP contribution in [0.2, 0.25) is 0 Å². The fourth-order valence-electron chi connectivity index (χ4n) is 3.37. The van der Waals surface area contributed by atoms with Crippen LogP contribution < -0.4 is 5.32 Å². The lowest BCUT2D eigenvalue weighted by molar-refractivity contribution is -0.146. The van der Waals surface area contributed by atoms with Gasteiger partial charge in [-0.15, -0.1) is 0 Å². The number of carbonyl (C=O) groups is 3. The molecular formula is C16H26N2O4. The Bertz CT molecular complexity index is 424. The molecular weight excluding hydrogens is 284 g/mol. The molecule has 6 nitrogen and oxygen atoms in total. The highest BCUT2D eigenvalue weighted by molar-refractivity contribution is 5.81. The first-order chi connectivity index (χ1) is 10.5. The Hall–Kier alpha value is -1.59. The standard InChI is InChI=1S/C16H26N2O4/c1-11(17-15(20)12-4-2-3-5-12)10-14(19)18-8-6-13(7-9-18)16(21)22/h11-13H,2-10H2,1H3,(H,17,20)(H,21,22). The van der Waals surface area contributed by atoms with E-state index in [4.69, 9.17) is 5.11 Å². The van der Waals surface area contributed by atoms with E-state index in [0.717, 1.165) is 25.7 Å². The third-order valence-corrected chi connectivity index (χ3v) is 4.79. The molecule has 2 amide bonds. The van der Waals surface area contributed by atoms with Crippen molar-refractivity contribution in [1.82, 2.24) is 10.2 Å². The Morgan fingerprint density at radius 1 is 1.09 bits per heavy atom. The molecule has 0 radical (unpaired) electrons. The number of nitrogens with one attached hydrogen (secondary N) is 1. The topological polar surface area (TPSA) is 86.7 Å². The van der Waals surface area contributed by atoms with Gasteiger partial charge in [-0.25, -0.2) is 0 Å². The summed E-state index contributed by atoms with van der Waals surface area (Å²) in [4.78, 5) is 36.9. The first-order valence-corrected chi connectivity index (χ1v) is 8.28. The number of aliphatic carboxylic acids is 1. The maximum Gasteiger partial charge on any atom is 0.306 e.